The van der Waals surface area contributed by atoms with E-state index in [2.05, 4.69) is 17.1 Å². The molecule has 1 rings (SSSR count). The van der Waals surface area contributed by atoms with Crippen molar-refractivity contribution in [3.8, 4) is 0 Å². The molecule has 0 radical (unpaired) electrons. The molecule has 0 aliphatic carbocycles. The van der Waals surface area contributed by atoms with Gasteiger partial charge in [0.25, 0.3) is 0 Å². The maximum Gasteiger partial charge on any atom is 0.237 e. The Balaban J connectivity index is 2.40. The molecule has 4 heteroatoms. The van der Waals surface area contributed by atoms with Crippen molar-refractivity contribution in [2.75, 3.05) is 19.6 Å². The summed E-state index contributed by atoms with van der Waals surface area (Å²) in [7, 11) is 0. The fraction of sp³-hybridized carbons (Fsp3) is 0.923. The largest absolute Gasteiger partial charge is 0.391 e. The third-order valence-corrected chi connectivity index (χ3v) is 3.58. The Kier molecular flexibility index (Phi) is 5.92. The predicted octanol–water partition coefficient (Wildman–Crippen LogP) is 0.994. The van der Waals surface area contributed by atoms with Crippen LogP contribution in [0.2, 0.25) is 0 Å². The van der Waals surface area contributed by atoms with Crippen molar-refractivity contribution < 1.29 is 9.90 Å². The minimum absolute atomic E-state index is 0.00751. The fourth-order valence-electron chi connectivity index (χ4n) is 2.23. The van der Waals surface area contributed by atoms with Gasteiger partial charge in [-0.05, 0) is 31.8 Å². The van der Waals surface area contributed by atoms with Gasteiger partial charge in [-0.1, -0.05) is 27.2 Å². The van der Waals surface area contributed by atoms with Crippen LogP contribution in [0.5, 0.6) is 0 Å². The van der Waals surface area contributed by atoms with E-state index in [9.17, 15) is 9.90 Å². The van der Waals surface area contributed by atoms with Crippen molar-refractivity contribution in [1.29, 1.82) is 0 Å². The van der Waals surface area contributed by atoms with Crippen LogP contribution in [-0.4, -0.2) is 47.7 Å². The molecule has 4 nitrogen and oxygen atoms in total. The highest BCUT2D eigenvalue weighted by atomic mass is 16.3. The summed E-state index contributed by atoms with van der Waals surface area (Å²) < 4.78 is 0. The first-order chi connectivity index (χ1) is 8.06. The molecule has 1 amide bonds. The molecule has 2 atom stereocenters. The molecule has 0 spiro atoms. The average molecular weight is 242 g/mol. The minimum atomic E-state index is -0.447. The Morgan fingerprint density at radius 2 is 2.18 bits per heavy atom. The van der Waals surface area contributed by atoms with Crippen LogP contribution in [0.4, 0.5) is 0 Å². The molecular weight excluding hydrogens is 216 g/mol. The summed E-state index contributed by atoms with van der Waals surface area (Å²) in [5, 5.41) is 12.5. The van der Waals surface area contributed by atoms with Crippen molar-refractivity contribution in [3.05, 3.63) is 0 Å². The third-order valence-electron chi connectivity index (χ3n) is 3.58. The van der Waals surface area contributed by atoms with Gasteiger partial charge in [-0.15, -0.1) is 0 Å². The SMILES string of the molecule is CCN1CCCCC1C(=O)NCC(O)C(C)C. The zero-order valence-electron chi connectivity index (χ0n) is 11.3. The van der Waals surface area contributed by atoms with E-state index in [4.69, 9.17) is 0 Å². The molecule has 0 aromatic carbocycles. The van der Waals surface area contributed by atoms with Gasteiger partial charge >= 0.3 is 0 Å². The topological polar surface area (TPSA) is 52.6 Å². The Bertz CT molecular complexity index is 244. The number of carbonyl (C=O) groups is 1. The lowest BCUT2D eigenvalue weighted by molar-refractivity contribution is -0.128. The van der Waals surface area contributed by atoms with E-state index in [-0.39, 0.29) is 17.9 Å². The number of likely N-dealkylation sites (tertiary alicyclic amines) is 1. The molecule has 0 bridgehead atoms. The summed E-state index contributed by atoms with van der Waals surface area (Å²) >= 11 is 0. The lowest BCUT2D eigenvalue weighted by Crippen LogP contribution is -2.50. The molecule has 1 heterocycles. The lowest BCUT2D eigenvalue weighted by Gasteiger charge is -2.33. The average Bonchev–Trinajstić information content (AvgIpc) is 2.35. The Hall–Kier alpha value is -0.610. The zero-order chi connectivity index (χ0) is 12.8. The van der Waals surface area contributed by atoms with Gasteiger partial charge < -0.3 is 10.4 Å². The van der Waals surface area contributed by atoms with E-state index >= 15 is 0 Å². The highest BCUT2D eigenvalue weighted by Crippen LogP contribution is 2.16. The summed E-state index contributed by atoms with van der Waals surface area (Å²) in [6.45, 7) is 8.30. The van der Waals surface area contributed by atoms with Crippen LogP contribution in [0.25, 0.3) is 0 Å². The van der Waals surface area contributed by atoms with Crippen molar-refractivity contribution in [2.24, 2.45) is 5.92 Å². The van der Waals surface area contributed by atoms with Crippen molar-refractivity contribution in [3.63, 3.8) is 0 Å². The number of amides is 1. The molecule has 2 N–H and O–H groups in total. The number of nitrogens with zero attached hydrogens (tertiary/aromatic N) is 1. The van der Waals surface area contributed by atoms with Gasteiger partial charge in [0.1, 0.15) is 0 Å². The molecule has 1 aliphatic rings. The maximum atomic E-state index is 12.0. The van der Waals surface area contributed by atoms with Gasteiger partial charge in [0.05, 0.1) is 12.1 Å². The van der Waals surface area contributed by atoms with Crippen LogP contribution >= 0.6 is 0 Å². The summed E-state index contributed by atoms with van der Waals surface area (Å²) in [5.74, 6) is 0.259. The molecule has 0 aromatic rings. The number of aliphatic hydroxyl groups is 1. The molecular formula is C13H26N2O2. The molecule has 2 unspecified atom stereocenters. The lowest BCUT2D eigenvalue weighted by atomic mass is 10.0. The second-order valence-corrected chi connectivity index (χ2v) is 5.20. The van der Waals surface area contributed by atoms with E-state index in [1.54, 1.807) is 0 Å². The first-order valence-electron chi connectivity index (χ1n) is 6.76. The molecule has 0 aromatic heterocycles. The molecule has 1 aliphatic heterocycles. The van der Waals surface area contributed by atoms with Gasteiger partial charge in [-0.3, -0.25) is 9.69 Å². The molecule has 0 saturated carbocycles. The van der Waals surface area contributed by atoms with E-state index < -0.39 is 6.10 Å². The summed E-state index contributed by atoms with van der Waals surface area (Å²) in [5.41, 5.74) is 0. The molecule has 1 saturated heterocycles. The highest BCUT2D eigenvalue weighted by molar-refractivity contribution is 5.81. The predicted molar refractivity (Wildman–Crippen MR) is 68.7 cm³/mol. The second-order valence-electron chi connectivity index (χ2n) is 5.20. The van der Waals surface area contributed by atoms with Gasteiger partial charge in [0, 0.05) is 6.54 Å². The van der Waals surface area contributed by atoms with Crippen LogP contribution in [0.1, 0.15) is 40.0 Å². The number of piperidine rings is 1. The van der Waals surface area contributed by atoms with Crippen molar-refractivity contribution in [2.45, 2.75) is 52.2 Å². The normalized spacial score (nSPS) is 23.7. The number of carbonyl (C=O) groups excluding carboxylic acids is 1. The van der Waals surface area contributed by atoms with Crippen molar-refractivity contribution in [1.82, 2.24) is 10.2 Å². The molecule has 17 heavy (non-hydrogen) atoms. The number of rotatable bonds is 5. The first-order valence-corrected chi connectivity index (χ1v) is 6.76. The van der Waals surface area contributed by atoms with Crippen LogP contribution in [0.15, 0.2) is 0 Å². The van der Waals surface area contributed by atoms with E-state index in [1.807, 2.05) is 13.8 Å². The summed E-state index contributed by atoms with van der Waals surface area (Å²) in [4.78, 5) is 14.3. The van der Waals surface area contributed by atoms with Crippen LogP contribution in [-0.2, 0) is 4.79 Å². The number of hydrogen-bond acceptors (Lipinski definition) is 3. The number of nitrogens with one attached hydrogen (secondary N) is 1. The summed E-state index contributed by atoms with van der Waals surface area (Å²) in [6, 6.07) is 0.00751. The standard InChI is InChI=1S/C13H26N2O2/c1-4-15-8-6-5-7-11(15)13(17)14-9-12(16)10(2)3/h10-12,16H,4-9H2,1-3H3,(H,14,17). The van der Waals surface area contributed by atoms with Gasteiger partial charge in [-0.2, -0.15) is 0 Å². The van der Waals surface area contributed by atoms with Gasteiger partial charge in [-0.25, -0.2) is 0 Å². The first kappa shape index (κ1) is 14.5. The third kappa shape index (κ3) is 4.28. The highest BCUT2D eigenvalue weighted by Gasteiger charge is 2.27. The van der Waals surface area contributed by atoms with E-state index in [1.165, 1.54) is 6.42 Å². The molecule has 100 valence electrons. The van der Waals surface area contributed by atoms with Gasteiger partial charge in [0.15, 0.2) is 0 Å². The second kappa shape index (κ2) is 6.97. The van der Waals surface area contributed by atoms with Crippen LogP contribution in [0, 0.1) is 5.92 Å². The number of likely N-dealkylation sites (N-methyl/N-ethyl adjacent to an activating group) is 1. The Labute approximate surface area is 104 Å². The quantitative estimate of drug-likeness (QED) is 0.756. The fourth-order valence-corrected chi connectivity index (χ4v) is 2.23. The monoisotopic (exact) mass is 242 g/mol. The number of aliphatic hydroxyl groups excluding tert-OH is 1. The van der Waals surface area contributed by atoms with Crippen LogP contribution in [0.3, 0.4) is 0 Å². The Morgan fingerprint density at radius 1 is 1.47 bits per heavy atom. The van der Waals surface area contributed by atoms with Crippen molar-refractivity contribution >= 4 is 5.91 Å². The smallest absolute Gasteiger partial charge is 0.237 e. The van der Waals surface area contributed by atoms with Crippen LogP contribution < -0.4 is 5.32 Å². The Morgan fingerprint density at radius 3 is 2.76 bits per heavy atom. The van der Waals surface area contributed by atoms with Gasteiger partial charge in [0.2, 0.25) is 5.91 Å². The maximum absolute atomic E-state index is 12.0. The van der Waals surface area contributed by atoms with E-state index in [0.29, 0.717) is 6.54 Å². The molecule has 1 fully saturated rings. The zero-order valence-corrected chi connectivity index (χ0v) is 11.3. The number of hydrogen-bond donors (Lipinski definition) is 2. The summed E-state index contributed by atoms with van der Waals surface area (Å²) in [6.07, 6.45) is 2.81. The van der Waals surface area contributed by atoms with E-state index in [0.717, 1.165) is 25.9 Å². The minimum Gasteiger partial charge on any atom is -0.391 e.